The number of methoxy groups -OCH3 is 1. The predicted molar refractivity (Wildman–Crippen MR) is 90.2 cm³/mol. The molecule has 27 heavy (non-hydrogen) atoms. The van der Waals surface area contributed by atoms with Crippen molar-refractivity contribution in [1.29, 1.82) is 0 Å². The summed E-state index contributed by atoms with van der Waals surface area (Å²) < 4.78 is 39.9. The summed E-state index contributed by atoms with van der Waals surface area (Å²) in [5.74, 6) is -0.182. The fourth-order valence-electron chi connectivity index (χ4n) is 2.91. The molecule has 1 unspecified atom stereocenters. The highest BCUT2D eigenvalue weighted by molar-refractivity contribution is 6.08. The van der Waals surface area contributed by atoms with Crippen molar-refractivity contribution >= 4 is 11.9 Å². The van der Waals surface area contributed by atoms with Gasteiger partial charge in [0.05, 0.1) is 0 Å². The molecule has 0 aliphatic carbocycles. The van der Waals surface area contributed by atoms with Crippen LogP contribution in [0.3, 0.4) is 0 Å². The highest BCUT2D eigenvalue weighted by atomic mass is 19.3. The maximum atomic E-state index is 13.0. The minimum absolute atomic E-state index is 0.000114. The van der Waals surface area contributed by atoms with Gasteiger partial charge in [-0.15, -0.1) is 0 Å². The molecule has 0 spiro atoms. The first-order valence-electron chi connectivity index (χ1n) is 7.92. The fourth-order valence-corrected chi connectivity index (χ4v) is 2.91. The minimum Gasteiger partial charge on any atom is -0.446 e. The van der Waals surface area contributed by atoms with E-state index in [1.54, 1.807) is 6.92 Å². The van der Waals surface area contributed by atoms with Gasteiger partial charge in [-0.2, -0.15) is 8.78 Å². The molecule has 144 valence electrons. The van der Waals surface area contributed by atoms with Gasteiger partial charge in [0, 0.05) is 14.2 Å². The summed E-state index contributed by atoms with van der Waals surface area (Å²) in [6, 6.07) is 4.37. The predicted octanol–water partition coefficient (Wildman–Crippen LogP) is 1.76. The number of carbonyl (C=O) groups excluding carboxylic acids is 1. The molecule has 3 rings (SSSR count). The van der Waals surface area contributed by atoms with Gasteiger partial charge in [-0.1, -0.05) is 6.07 Å². The lowest BCUT2D eigenvalue weighted by molar-refractivity contribution is -0.129. The van der Waals surface area contributed by atoms with Gasteiger partial charge in [0.2, 0.25) is 11.4 Å². The summed E-state index contributed by atoms with van der Waals surface area (Å²) in [4.78, 5) is 22.9. The molecule has 8 nitrogen and oxygen atoms in total. The molecule has 0 saturated carbocycles. The molecule has 1 amide bonds. The van der Waals surface area contributed by atoms with E-state index in [0.29, 0.717) is 11.1 Å². The van der Waals surface area contributed by atoms with Crippen LogP contribution in [0.4, 0.5) is 8.78 Å². The molecule has 0 radical (unpaired) electrons. The molecule has 2 N–H and O–H groups in total. The Balaban J connectivity index is 2.14. The Morgan fingerprint density at radius 2 is 2.15 bits per heavy atom. The van der Waals surface area contributed by atoms with Gasteiger partial charge in [-0.25, -0.2) is 9.98 Å². The van der Waals surface area contributed by atoms with Crippen molar-refractivity contribution in [2.75, 3.05) is 14.2 Å². The number of ether oxygens (including phenoxy) is 2. The van der Waals surface area contributed by atoms with Crippen LogP contribution in [0.25, 0.3) is 0 Å². The number of aryl methyl sites for hydroxylation is 1. The standard InChI is InChI=1S/C17H18F2N4O4/c1-9-6-10(4-5-11(9)27-15(18)19)17(14(24)23(2)16(20)22-17)12-7-26-13(21-12)8-25-3/h4-7,15H,8H2,1-3H3,(H2,20,22). The number of alkyl halides is 2. The minimum atomic E-state index is -2.96. The normalized spacial score (nSPS) is 19.7. The first kappa shape index (κ1) is 18.8. The summed E-state index contributed by atoms with van der Waals surface area (Å²) >= 11 is 0. The van der Waals surface area contributed by atoms with Crippen molar-refractivity contribution in [2.45, 2.75) is 25.7 Å². The molecule has 10 heteroatoms. The van der Waals surface area contributed by atoms with Crippen LogP contribution in [0.2, 0.25) is 0 Å². The first-order chi connectivity index (χ1) is 12.8. The lowest BCUT2D eigenvalue weighted by Crippen LogP contribution is -2.41. The van der Waals surface area contributed by atoms with Gasteiger partial charge in [0.15, 0.2) is 5.96 Å². The van der Waals surface area contributed by atoms with Crippen molar-refractivity contribution in [3.63, 3.8) is 0 Å². The van der Waals surface area contributed by atoms with Gasteiger partial charge < -0.3 is 19.6 Å². The van der Waals surface area contributed by atoms with E-state index in [4.69, 9.17) is 14.9 Å². The Labute approximate surface area is 153 Å². The Hall–Kier alpha value is -3.01. The maximum Gasteiger partial charge on any atom is 0.387 e. The van der Waals surface area contributed by atoms with Crippen LogP contribution < -0.4 is 10.5 Å². The highest BCUT2D eigenvalue weighted by Gasteiger charge is 2.51. The van der Waals surface area contributed by atoms with Gasteiger partial charge in [-0.05, 0) is 30.2 Å². The Kier molecular flexibility index (Phi) is 4.83. The van der Waals surface area contributed by atoms with Crippen LogP contribution in [-0.2, 0) is 21.7 Å². The molecule has 0 bridgehead atoms. The van der Waals surface area contributed by atoms with Crippen molar-refractivity contribution < 1.29 is 27.5 Å². The molecule has 1 aromatic heterocycles. The number of halogens is 2. The summed E-state index contributed by atoms with van der Waals surface area (Å²) in [6.45, 7) is -1.26. The number of nitrogens with zero attached hydrogens (tertiary/aromatic N) is 3. The number of benzene rings is 1. The van der Waals surface area contributed by atoms with Gasteiger partial charge in [0.25, 0.3) is 5.91 Å². The average molecular weight is 380 g/mol. The largest absolute Gasteiger partial charge is 0.446 e. The van der Waals surface area contributed by atoms with E-state index in [-0.39, 0.29) is 29.9 Å². The van der Waals surface area contributed by atoms with E-state index in [1.165, 1.54) is 43.5 Å². The fraction of sp³-hybridized carbons (Fsp3) is 0.353. The van der Waals surface area contributed by atoms with Crippen molar-refractivity contribution in [3.8, 4) is 5.75 Å². The highest BCUT2D eigenvalue weighted by Crippen LogP contribution is 2.40. The van der Waals surface area contributed by atoms with Gasteiger partial charge in [-0.3, -0.25) is 9.69 Å². The number of rotatable bonds is 6. The second-order valence-corrected chi connectivity index (χ2v) is 5.96. The molecule has 2 aromatic rings. The molecule has 1 aliphatic rings. The van der Waals surface area contributed by atoms with Crippen molar-refractivity contribution in [1.82, 2.24) is 9.88 Å². The van der Waals surface area contributed by atoms with Crippen LogP contribution in [0.15, 0.2) is 33.9 Å². The number of likely N-dealkylation sites (N-methyl/N-ethyl adjacent to an activating group) is 1. The number of carbonyl (C=O) groups is 1. The van der Waals surface area contributed by atoms with E-state index >= 15 is 0 Å². The number of hydrogen-bond acceptors (Lipinski definition) is 7. The van der Waals surface area contributed by atoms with Gasteiger partial charge >= 0.3 is 6.61 Å². The van der Waals surface area contributed by atoms with Crippen LogP contribution in [0.5, 0.6) is 5.75 Å². The van der Waals surface area contributed by atoms with Crippen molar-refractivity contribution in [3.05, 3.63) is 47.2 Å². The summed E-state index contributed by atoms with van der Waals surface area (Å²) in [6.07, 6.45) is 1.31. The smallest absolute Gasteiger partial charge is 0.387 e. The number of aromatic nitrogens is 1. The maximum absolute atomic E-state index is 13.0. The molecule has 1 aromatic carbocycles. The number of oxazole rings is 1. The van der Waals surface area contributed by atoms with Crippen molar-refractivity contribution in [2.24, 2.45) is 10.7 Å². The van der Waals surface area contributed by atoms with Crippen LogP contribution in [0, 0.1) is 6.92 Å². The quantitative estimate of drug-likeness (QED) is 0.819. The zero-order valence-electron chi connectivity index (χ0n) is 14.9. The Morgan fingerprint density at radius 3 is 2.70 bits per heavy atom. The number of hydrogen-bond donors (Lipinski definition) is 1. The lowest BCUT2D eigenvalue weighted by Gasteiger charge is -2.24. The molecular formula is C17H18F2N4O4. The average Bonchev–Trinajstić information content (AvgIpc) is 3.16. The van der Waals surface area contributed by atoms with Crippen LogP contribution >= 0.6 is 0 Å². The lowest BCUT2D eigenvalue weighted by atomic mass is 9.86. The summed E-state index contributed by atoms with van der Waals surface area (Å²) in [5.41, 5.74) is 5.31. The summed E-state index contributed by atoms with van der Waals surface area (Å²) in [7, 11) is 2.97. The zero-order valence-corrected chi connectivity index (χ0v) is 14.9. The third-order valence-electron chi connectivity index (χ3n) is 4.24. The third-order valence-corrected chi connectivity index (χ3v) is 4.24. The van der Waals surface area contributed by atoms with E-state index in [2.05, 4.69) is 14.7 Å². The second-order valence-electron chi connectivity index (χ2n) is 5.96. The van der Waals surface area contributed by atoms with E-state index in [0.717, 1.165) is 0 Å². The topological polar surface area (TPSA) is 103 Å². The Morgan fingerprint density at radius 1 is 1.41 bits per heavy atom. The Bertz CT molecular complexity index is 899. The number of amides is 1. The van der Waals surface area contributed by atoms with E-state index in [9.17, 15) is 13.6 Å². The van der Waals surface area contributed by atoms with Gasteiger partial charge in [0.1, 0.15) is 24.3 Å². The number of guanidine groups is 1. The molecule has 0 fully saturated rings. The van der Waals surface area contributed by atoms with E-state index in [1.807, 2.05) is 0 Å². The number of aliphatic imine (C=N–C) groups is 1. The molecule has 0 saturated heterocycles. The molecule has 2 heterocycles. The number of nitrogens with two attached hydrogens (primary N) is 1. The monoisotopic (exact) mass is 380 g/mol. The summed E-state index contributed by atoms with van der Waals surface area (Å²) in [5, 5.41) is 0. The SMILES string of the molecule is COCc1nc(C2(c3ccc(OC(F)F)c(C)c3)N=C(N)N(C)C2=O)co1. The van der Waals surface area contributed by atoms with E-state index < -0.39 is 18.1 Å². The van der Waals surface area contributed by atoms with Crippen LogP contribution in [-0.4, -0.2) is 42.5 Å². The molecule has 1 atom stereocenters. The second kappa shape index (κ2) is 6.95. The van der Waals surface area contributed by atoms with Crippen LogP contribution in [0.1, 0.15) is 22.7 Å². The first-order valence-corrected chi connectivity index (χ1v) is 7.92. The third kappa shape index (κ3) is 3.12. The molecule has 1 aliphatic heterocycles. The molecular weight excluding hydrogens is 362 g/mol. The zero-order chi connectivity index (χ0) is 19.8.